The maximum Gasteiger partial charge on any atom is 0.338 e. The number of benzene rings is 2. The number of rotatable bonds is 5. The number of esters is 1. The molecule has 0 bridgehead atoms. The Kier molecular flexibility index (Phi) is 4.85. The van der Waals surface area contributed by atoms with E-state index in [9.17, 15) is 19.7 Å². The minimum absolute atomic E-state index is 0.0741. The van der Waals surface area contributed by atoms with E-state index in [2.05, 4.69) is 0 Å². The normalized spacial score (nSPS) is 11.6. The van der Waals surface area contributed by atoms with Crippen molar-refractivity contribution in [3.05, 3.63) is 75.3 Å². The van der Waals surface area contributed by atoms with E-state index in [-0.39, 0.29) is 17.0 Å². The third-order valence-corrected chi connectivity index (χ3v) is 3.34. The van der Waals surface area contributed by atoms with Crippen molar-refractivity contribution in [1.29, 1.82) is 0 Å². The maximum atomic E-state index is 12.2. The average Bonchev–Trinajstić information content (AvgIpc) is 2.54. The van der Waals surface area contributed by atoms with Gasteiger partial charge in [-0.3, -0.25) is 14.9 Å². The number of carbonyl (C=O) groups excluding carboxylic acids is 2. The topological polar surface area (TPSA) is 86.5 Å². The van der Waals surface area contributed by atoms with E-state index in [1.54, 1.807) is 30.3 Å². The van der Waals surface area contributed by atoms with E-state index >= 15 is 0 Å². The van der Waals surface area contributed by atoms with Crippen LogP contribution in [0.5, 0.6) is 0 Å². The number of nitrogens with zero attached hydrogens (tertiary/aromatic N) is 1. The van der Waals surface area contributed by atoms with Crippen LogP contribution < -0.4 is 0 Å². The van der Waals surface area contributed by atoms with Gasteiger partial charge in [0.2, 0.25) is 5.78 Å². The first-order valence-corrected chi connectivity index (χ1v) is 6.95. The summed E-state index contributed by atoms with van der Waals surface area (Å²) in [5, 5.41) is 10.8. The zero-order valence-corrected chi connectivity index (χ0v) is 12.7. The van der Waals surface area contributed by atoms with Crippen molar-refractivity contribution in [2.45, 2.75) is 20.0 Å². The molecule has 2 rings (SSSR count). The summed E-state index contributed by atoms with van der Waals surface area (Å²) in [4.78, 5) is 34.5. The lowest BCUT2D eigenvalue weighted by molar-refractivity contribution is -0.385. The van der Waals surface area contributed by atoms with Crippen LogP contribution >= 0.6 is 0 Å². The molecule has 0 spiro atoms. The van der Waals surface area contributed by atoms with Crippen LogP contribution in [-0.2, 0) is 4.74 Å². The lowest BCUT2D eigenvalue weighted by atomic mass is 10.1. The van der Waals surface area contributed by atoms with Crippen LogP contribution in [0, 0.1) is 17.0 Å². The van der Waals surface area contributed by atoms with Crippen LogP contribution in [0.3, 0.4) is 0 Å². The molecule has 0 aliphatic carbocycles. The largest absolute Gasteiger partial charge is 0.451 e. The molecule has 0 heterocycles. The van der Waals surface area contributed by atoms with Crippen molar-refractivity contribution in [2.24, 2.45) is 0 Å². The van der Waals surface area contributed by atoms with Gasteiger partial charge < -0.3 is 4.74 Å². The molecule has 6 nitrogen and oxygen atoms in total. The lowest BCUT2D eigenvalue weighted by Gasteiger charge is -2.12. The number of hydrogen-bond donors (Lipinski definition) is 0. The number of ketones is 1. The van der Waals surface area contributed by atoms with Crippen LogP contribution in [0.25, 0.3) is 0 Å². The summed E-state index contributed by atoms with van der Waals surface area (Å²) < 4.78 is 5.15. The fraction of sp³-hybridized carbons (Fsp3) is 0.176. The predicted octanol–water partition coefficient (Wildman–Crippen LogP) is 3.33. The van der Waals surface area contributed by atoms with Crippen molar-refractivity contribution in [1.82, 2.24) is 0 Å². The van der Waals surface area contributed by atoms with Crippen LogP contribution in [0.15, 0.2) is 48.5 Å². The number of carbonyl (C=O) groups is 2. The summed E-state index contributed by atoms with van der Waals surface area (Å²) >= 11 is 0. The van der Waals surface area contributed by atoms with Crippen LogP contribution in [0.1, 0.15) is 33.2 Å². The molecule has 23 heavy (non-hydrogen) atoms. The number of aryl methyl sites for hydroxylation is 1. The smallest absolute Gasteiger partial charge is 0.338 e. The molecule has 0 saturated heterocycles. The second-order valence-electron chi connectivity index (χ2n) is 5.04. The molecule has 0 aromatic heterocycles. The Balaban J connectivity index is 2.11. The van der Waals surface area contributed by atoms with Gasteiger partial charge in [-0.2, -0.15) is 0 Å². The third-order valence-electron chi connectivity index (χ3n) is 3.34. The summed E-state index contributed by atoms with van der Waals surface area (Å²) in [6.07, 6.45) is -0.944. The molecule has 1 atom stereocenters. The van der Waals surface area contributed by atoms with E-state index in [1.807, 2.05) is 0 Å². The SMILES string of the molecule is Cc1cc(C(=O)O[C@H](C)C(=O)c2ccccc2)ccc1[N+](=O)[O-]. The quantitative estimate of drug-likeness (QED) is 0.366. The van der Waals surface area contributed by atoms with Gasteiger partial charge in [-0.15, -0.1) is 0 Å². The van der Waals surface area contributed by atoms with E-state index in [0.29, 0.717) is 11.1 Å². The fourth-order valence-corrected chi connectivity index (χ4v) is 2.11. The molecule has 2 aromatic rings. The molecular weight excluding hydrogens is 298 g/mol. The third kappa shape index (κ3) is 3.79. The monoisotopic (exact) mass is 313 g/mol. The highest BCUT2D eigenvalue weighted by atomic mass is 16.6. The highest BCUT2D eigenvalue weighted by Gasteiger charge is 2.21. The Morgan fingerprint density at radius 3 is 2.30 bits per heavy atom. The van der Waals surface area contributed by atoms with Gasteiger partial charge in [0.15, 0.2) is 6.10 Å². The van der Waals surface area contributed by atoms with Gasteiger partial charge in [-0.1, -0.05) is 30.3 Å². The van der Waals surface area contributed by atoms with Crippen molar-refractivity contribution in [2.75, 3.05) is 0 Å². The number of nitro groups is 1. The molecule has 0 unspecified atom stereocenters. The molecule has 0 saturated carbocycles. The summed E-state index contributed by atoms with van der Waals surface area (Å²) in [6.45, 7) is 3.03. The Bertz CT molecular complexity index is 755. The highest BCUT2D eigenvalue weighted by Crippen LogP contribution is 2.19. The van der Waals surface area contributed by atoms with Gasteiger partial charge in [-0.25, -0.2) is 4.79 Å². The zero-order valence-electron chi connectivity index (χ0n) is 12.7. The van der Waals surface area contributed by atoms with Crippen LogP contribution in [-0.4, -0.2) is 22.8 Å². The van der Waals surface area contributed by atoms with Gasteiger partial charge in [-0.05, 0) is 26.0 Å². The first-order valence-electron chi connectivity index (χ1n) is 6.95. The molecule has 0 amide bonds. The molecule has 118 valence electrons. The lowest BCUT2D eigenvalue weighted by Crippen LogP contribution is -2.24. The zero-order chi connectivity index (χ0) is 17.0. The van der Waals surface area contributed by atoms with Crippen molar-refractivity contribution in [3.8, 4) is 0 Å². The van der Waals surface area contributed by atoms with Gasteiger partial charge >= 0.3 is 5.97 Å². The van der Waals surface area contributed by atoms with Gasteiger partial charge in [0.25, 0.3) is 5.69 Å². The van der Waals surface area contributed by atoms with Crippen LogP contribution in [0.2, 0.25) is 0 Å². The summed E-state index contributed by atoms with van der Waals surface area (Å²) in [5.74, 6) is -1.00. The molecule has 6 heteroatoms. The first kappa shape index (κ1) is 16.4. The van der Waals surface area contributed by atoms with Gasteiger partial charge in [0.05, 0.1) is 10.5 Å². The molecule has 2 aromatic carbocycles. The van der Waals surface area contributed by atoms with E-state index < -0.39 is 17.0 Å². The average molecular weight is 313 g/mol. The number of ether oxygens (including phenoxy) is 1. The van der Waals surface area contributed by atoms with Crippen molar-refractivity contribution < 1.29 is 19.2 Å². The van der Waals surface area contributed by atoms with E-state index in [4.69, 9.17) is 4.74 Å². The summed E-state index contributed by atoms with van der Waals surface area (Å²) in [6, 6.07) is 12.4. The molecule has 0 aliphatic rings. The van der Waals surface area contributed by atoms with Crippen LogP contribution in [0.4, 0.5) is 5.69 Å². The van der Waals surface area contributed by atoms with E-state index in [1.165, 1.54) is 32.0 Å². The Morgan fingerprint density at radius 1 is 1.09 bits per heavy atom. The maximum absolute atomic E-state index is 12.2. The van der Waals surface area contributed by atoms with Gasteiger partial charge in [0, 0.05) is 17.2 Å². The fourth-order valence-electron chi connectivity index (χ4n) is 2.11. The van der Waals surface area contributed by atoms with E-state index in [0.717, 1.165) is 0 Å². The second-order valence-corrected chi connectivity index (χ2v) is 5.04. The number of nitro benzene ring substituents is 1. The number of hydrogen-bond acceptors (Lipinski definition) is 5. The highest BCUT2D eigenvalue weighted by molar-refractivity contribution is 6.01. The molecule has 0 aliphatic heterocycles. The Morgan fingerprint density at radius 2 is 1.74 bits per heavy atom. The summed E-state index contributed by atoms with van der Waals surface area (Å²) in [7, 11) is 0. The number of Topliss-reactive ketones (excluding diaryl/α,β-unsaturated/α-hetero) is 1. The minimum atomic E-state index is -0.944. The molecular formula is C17H15NO5. The first-order chi connectivity index (χ1) is 10.9. The molecule has 0 radical (unpaired) electrons. The Labute approximate surface area is 132 Å². The van der Waals surface area contributed by atoms with Crippen molar-refractivity contribution >= 4 is 17.4 Å². The minimum Gasteiger partial charge on any atom is -0.451 e. The Hall–Kier alpha value is -3.02. The standard InChI is InChI=1S/C17H15NO5/c1-11-10-14(8-9-15(11)18(21)22)17(20)23-12(2)16(19)13-6-4-3-5-7-13/h3-10,12H,1-2H3/t12-/m1/s1. The summed E-state index contributed by atoms with van der Waals surface area (Å²) in [5.41, 5.74) is 0.898. The van der Waals surface area contributed by atoms with Crippen molar-refractivity contribution in [3.63, 3.8) is 0 Å². The second kappa shape index (κ2) is 6.83. The predicted molar refractivity (Wildman–Crippen MR) is 83.5 cm³/mol. The molecule has 0 fully saturated rings. The van der Waals surface area contributed by atoms with Gasteiger partial charge in [0.1, 0.15) is 0 Å². The molecule has 0 N–H and O–H groups in total.